The standard InChI is InChI=1S/C16H20N2/c1-3-11-18(15-9-6-8-14(17)12-15)16-10-5-4-7-13(16)2/h4-10,12H,3,11,17H2,1-2H3. The van der Waals surface area contributed by atoms with Crippen molar-refractivity contribution in [2.24, 2.45) is 0 Å². The van der Waals surface area contributed by atoms with Gasteiger partial charge in [0.05, 0.1) is 0 Å². The molecule has 2 N–H and O–H groups in total. The number of nitrogens with zero attached hydrogens (tertiary/aromatic N) is 1. The van der Waals surface area contributed by atoms with Gasteiger partial charge in [-0.2, -0.15) is 0 Å². The second-order valence-electron chi connectivity index (χ2n) is 4.53. The smallest absolute Gasteiger partial charge is 0.0440 e. The van der Waals surface area contributed by atoms with Gasteiger partial charge < -0.3 is 10.6 Å². The van der Waals surface area contributed by atoms with E-state index < -0.39 is 0 Å². The fourth-order valence-corrected chi connectivity index (χ4v) is 2.17. The molecule has 2 aromatic carbocycles. The lowest BCUT2D eigenvalue weighted by molar-refractivity contribution is 0.883. The third-order valence-electron chi connectivity index (χ3n) is 3.04. The van der Waals surface area contributed by atoms with Gasteiger partial charge in [-0.3, -0.25) is 0 Å². The Balaban J connectivity index is 2.43. The topological polar surface area (TPSA) is 29.3 Å². The third kappa shape index (κ3) is 2.65. The van der Waals surface area contributed by atoms with Crippen LogP contribution in [-0.2, 0) is 0 Å². The van der Waals surface area contributed by atoms with Crippen molar-refractivity contribution in [3.8, 4) is 0 Å². The van der Waals surface area contributed by atoms with Crippen LogP contribution in [-0.4, -0.2) is 6.54 Å². The van der Waals surface area contributed by atoms with Gasteiger partial charge in [-0.25, -0.2) is 0 Å². The van der Waals surface area contributed by atoms with Crippen LogP contribution < -0.4 is 10.6 Å². The van der Waals surface area contributed by atoms with Crippen molar-refractivity contribution in [2.75, 3.05) is 17.2 Å². The summed E-state index contributed by atoms with van der Waals surface area (Å²) < 4.78 is 0. The Morgan fingerprint density at radius 1 is 1.06 bits per heavy atom. The van der Waals surface area contributed by atoms with E-state index in [0.29, 0.717) is 0 Å². The average molecular weight is 240 g/mol. The van der Waals surface area contributed by atoms with Gasteiger partial charge in [0.1, 0.15) is 0 Å². The van der Waals surface area contributed by atoms with E-state index in [1.807, 2.05) is 18.2 Å². The Bertz CT molecular complexity index is 520. The number of nitrogen functional groups attached to an aromatic ring is 1. The maximum Gasteiger partial charge on any atom is 0.0440 e. The highest BCUT2D eigenvalue weighted by atomic mass is 15.1. The number of hydrogen-bond donors (Lipinski definition) is 1. The van der Waals surface area contributed by atoms with E-state index in [4.69, 9.17) is 5.73 Å². The van der Waals surface area contributed by atoms with Crippen LogP contribution in [0.1, 0.15) is 18.9 Å². The molecule has 0 spiro atoms. The second kappa shape index (κ2) is 5.58. The molecule has 0 saturated heterocycles. The summed E-state index contributed by atoms with van der Waals surface area (Å²) in [4.78, 5) is 2.33. The molecule has 0 saturated carbocycles. The predicted molar refractivity (Wildman–Crippen MR) is 79.3 cm³/mol. The second-order valence-corrected chi connectivity index (χ2v) is 4.53. The summed E-state index contributed by atoms with van der Waals surface area (Å²) in [5.41, 5.74) is 10.4. The van der Waals surface area contributed by atoms with Crippen molar-refractivity contribution in [3.63, 3.8) is 0 Å². The fourth-order valence-electron chi connectivity index (χ4n) is 2.17. The Hall–Kier alpha value is -1.96. The molecule has 0 aliphatic carbocycles. The Kier molecular flexibility index (Phi) is 3.88. The van der Waals surface area contributed by atoms with Gasteiger partial charge in [-0.15, -0.1) is 0 Å². The van der Waals surface area contributed by atoms with Crippen molar-refractivity contribution < 1.29 is 0 Å². The Morgan fingerprint density at radius 2 is 1.83 bits per heavy atom. The molecule has 94 valence electrons. The van der Waals surface area contributed by atoms with Crippen molar-refractivity contribution in [3.05, 3.63) is 54.1 Å². The SMILES string of the molecule is CCCN(c1cccc(N)c1)c1ccccc1C. The van der Waals surface area contributed by atoms with Crippen LogP contribution in [0.5, 0.6) is 0 Å². The first-order chi connectivity index (χ1) is 8.72. The molecule has 0 aliphatic heterocycles. The van der Waals surface area contributed by atoms with Gasteiger partial charge in [0.15, 0.2) is 0 Å². The molecule has 0 amide bonds. The Labute approximate surface area is 109 Å². The Morgan fingerprint density at radius 3 is 2.50 bits per heavy atom. The zero-order valence-electron chi connectivity index (χ0n) is 11.1. The molecule has 0 fully saturated rings. The molecule has 0 heterocycles. The van der Waals surface area contributed by atoms with Gasteiger partial charge in [-0.1, -0.05) is 31.2 Å². The third-order valence-corrected chi connectivity index (χ3v) is 3.04. The van der Waals surface area contributed by atoms with Crippen LogP contribution >= 0.6 is 0 Å². The number of hydrogen-bond acceptors (Lipinski definition) is 2. The minimum absolute atomic E-state index is 0.808. The maximum absolute atomic E-state index is 5.88. The molecule has 0 unspecified atom stereocenters. The highest BCUT2D eigenvalue weighted by molar-refractivity contribution is 5.68. The van der Waals surface area contributed by atoms with Crippen molar-refractivity contribution in [1.82, 2.24) is 0 Å². The lowest BCUT2D eigenvalue weighted by Gasteiger charge is -2.26. The van der Waals surface area contributed by atoms with E-state index in [1.165, 1.54) is 11.3 Å². The summed E-state index contributed by atoms with van der Waals surface area (Å²) in [6.07, 6.45) is 1.10. The van der Waals surface area contributed by atoms with Crippen LogP contribution in [0.2, 0.25) is 0 Å². The summed E-state index contributed by atoms with van der Waals surface area (Å²) in [6, 6.07) is 16.5. The lowest BCUT2D eigenvalue weighted by atomic mass is 10.1. The predicted octanol–water partition coefficient (Wildman–Crippen LogP) is 4.13. The molecule has 0 aliphatic rings. The van der Waals surface area contributed by atoms with Gasteiger partial charge in [-0.05, 0) is 43.2 Å². The van der Waals surface area contributed by atoms with Crippen molar-refractivity contribution >= 4 is 17.1 Å². The molecular formula is C16H20N2. The zero-order valence-corrected chi connectivity index (χ0v) is 11.1. The molecule has 0 radical (unpaired) electrons. The first-order valence-electron chi connectivity index (χ1n) is 6.41. The number of nitrogens with two attached hydrogens (primary N) is 1. The van der Waals surface area contributed by atoms with Crippen LogP contribution in [0.15, 0.2) is 48.5 Å². The van der Waals surface area contributed by atoms with Crippen LogP contribution in [0.4, 0.5) is 17.1 Å². The summed E-state index contributed by atoms with van der Waals surface area (Å²) in [5.74, 6) is 0. The van der Waals surface area contributed by atoms with Gasteiger partial charge in [0.2, 0.25) is 0 Å². The van der Waals surface area contributed by atoms with Crippen molar-refractivity contribution in [2.45, 2.75) is 20.3 Å². The summed E-state index contributed by atoms with van der Waals surface area (Å²) in [6.45, 7) is 5.33. The van der Waals surface area contributed by atoms with E-state index in [0.717, 1.165) is 24.3 Å². The number of rotatable bonds is 4. The molecule has 0 atom stereocenters. The highest BCUT2D eigenvalue weighted by Gasteiger charge is 2.10. The summed E-state index contributed by atoms with van der Waals surface area (Å²) in [7, 11) is 0. The summed E-state index contributed by atoms with van der Waals surface area (Å²) >= 11 is 0. The van der Waals surface area contributed by atoms with Crippen LogP contribution in [0.25, 0.3) is 0 Å². The van der Waals surface area contributed by atoms with Gasteiger partial charge in [0.25, 0.3) is 0 Å². The van der Waals surface area contributed by atoms with Crippen LogP contribution in [0, 0.1) is 6.92 Å². The maximum atomic E-state index is 5.88. The van der Waals surface area contributed by atoms with Gasteiger partial charge >= 0.3 is 0 Å². The number of anilines is 3. The molecule has 2 rings (SSSR count). The number of aryl methyl sites for hydroxylation is 1. The molecular weight excluding hydrogens is 220 g/mol. The van der Waals surface area contributed by atoms with E-state index in [1.54, 1.807) is 0 Å². The molecule has 0 bridgehead atoms. The number of benzene rings is 2. The molecule has 2 nitrogen and oxygen atoms in total. The van der Waals surface area contributed by atoms with E-state index in [-0.39, 0.29) is 0 Å². The van der Waals surface area contributed by atoms with Crippen LogP contribution in [0.3, 0.4) is 0 Å². The van der Waals surface area contributed by atoms with E-state index >= 15 is 0 Å². The number of para-hydroxylation sites is 1. The highest BCUT2D eigenvalue weighted by Crippen LogP contribution is 2.29. The van der Waals surface area contributed by atoms with Gasteiger partial charge in [0, 0.05) is 23.6 Å². The molecule has 2 aromatic rings. The first-order valence-corrected chi connectivity index (χ1v) is 6.41. The average Bonchev–Trinajstić information content (AvgIpc) is 2.37. The normalized spacial score (nSPS) is 10.3. The van der Waals surface area contributed by atoms with E-state index in [9.17, 15) is 0 Å². The zero-order chi connectivity index (χ0) is 13.0. The minimum Gasteiger partial charge on any atom is -0.399 e. The fraction of sp³-hybridized carbons (Fsp3) is 0.250. The first kappa shape index (κ1) is 12.5. The lowest BCUT2D eigenvalue weighted by Crippen LogP contribution is -2.18. The largest absolute Gasteiger partial charge is 0.399 e. The molecule has 0 aromatic heterocycles. The quantitative estimate of drug-likeness (QED) is 0.814. The molecule has 18 heavy (non-hydrogen) atoms. The van der Waals surface area contributed by atoms with E-state index in [2.05, 4.69) is 49.1 Å². The monoisotopic (exact) mass is 240 g/mol. The van der Waals surface area contributed by atoms with Crippen molar-refractivity contribution in [1.29, 1.82) is 0 Å². The summed E-state index contributed by atoms with van der Waals surface area (Å²) in [5, 5.41) is 0. The molecule has 2 heteroatoms. The minimum atomic E-state index is 0.808.